The van der Waals surface area contributed by atoms with Crippen LogP contribution >= 0.6 is 0 Å². The van der Waals surface area contributed by atoms with Crippen LogP contribution in [0.25, 0.3) is 0 Å². The van der Waals surface area contributed by atoms with Crippen LogP contribution in [0, 0.1) is 11.3 Å². The lowest BCUT2D eigenvalue weighted by Gasteiger charge is -2.42. The van der Waals surface area contributed by atoms with Crippen molar-refractivity contribution >= 4 is 11.7 Å². The fraction of sp³-hybridized carbons (Fsp3) is 0.571. The van der Waals surface area contributed by atoms with Gasteiger partial charge >= 0.3 is 0 Å². The lowest BCUT2D eigenvalue weighted by atomic mass is 9.74. The summed E-state index contributed by atoms with van der Waals surface area (Å²) < 4.78 is 13.1. The Morgan fingerprint density at radius 2 is 1.91 bits per heavy atom. The van der Waals surface area contributed by atoms with Gasteiger partial charge in [0.25, 0.3) is 0 Å². The molecule has 0 bridgehead atoms. The first-order valence-electron chi connectivity index (χ1n) is 12.8. The summed E-state index contributed by atoms with van der Waals surface area (Å²) in [7, 11) is 0. The Labute approximate surface area is 203 Å². The Morgan fingerprint density at radius 1 is 1.18 bits per heavy atom. The van der Waals surface area contributed by atoms with Gasteiger partial charge in [-0.25, -0.2) is 9.37 Å². The molecule has 1 aromatic heterocycles. The van der Waals surface area contributed by atoms with Crippen molar-refractivity contribution in [1.29, 1.82) is 0 Å². The zero-order chi connectivity index (χ0) is 24.1. The number of anilines is 1. The first-order chi connectivity index (χ1) is 16.5. The predicted molar refractivity (Wildman–Crippen MR) is 135 cm³/mol. The topological polar surface area (TPSA) is 48.5 Å². The third-order valence-electron chi connectivity index (χ3n) is 7.98. The largest absolute Gasteiger partial charge is 0.353 e. The third-order valence-corrected chi connectivity index (χ3v) is 7.98. The van der Waals surface area contributed by atoms with E-state index in [4.69, 9.17) is 0 Å². The van der Waals surface area contributed by atoms with Crippen molar-refractivity contribution in [3.05, 3.63) is 59.8 Å². The molecule has 1 aromatic carbocycles. The van der Waals surface area contributed by atoms with E-state index in [1.165, 1.54) is 5.56 Å². The van der Waals surface area contributed by atoms with E-state index >= 15 is 0 Å². The van der Waals surface area contributed by atoms with Gasteiger partial charge in [0.1, 0.15) is 12.5 Å². The van der Waals surface area contributed by atoms with Crippen molar-refractivity contribution in [3.8, 4) is 0 Å². The maximum atomic E-state index is 13.9. The second-order valence-corrected chi connectivity index (χ2v) is 10.2. The zero-order valence-electron chi connectivity index (χ0n) is 20.8. The number of hydrogen-bond acceptors (Lipinski definition) is 4. The number of aromatic nitrogens is 1. The molecule has 0 spiro atoms. The number of alkyl halides is 1. The highest BCUT2D eigenvalue weighted by atomic mass is 19.1. The van der Waals surface area contributed by atoms with Crippen LogP contribution in [0.3, 0.4) is 0 Å². The minimum absolute atomic E-state index is 0.296. The van der Waals surface area contributed by atoms with E-state index in [9.17, 15) is 9.18 Å². The van der Waals surface area contributed by atoms with Gasteiger partial charge in [-0.15, -0.1) is 0 Å². The highest BCUT2D eigenvalue weighted by molar-refractivity contribution is 5.84. The Kier molecular flexibility index (Phi) is 7.87. The van der Waals surface area contributed by atoms with Crippen LogP contribution in [0.2, 0.25) is 0 Å². The van der Waals surface area contributed by atoms with Crippen LogP contribution < -0.4 is 10.2 Å². The van der Waals surface area contributed by atoms with Gasteiger partial charge in [0.05, 0.1) is 5.41 Å². The number of nitrogens with zero attached hydrogens (tertiary/aromatic N) is 3. The molecule has 3 atom stereocenters. The summed E-state index contributed by atoms with van der Waals surface area (Å²) in [6.07, 6.45) is 5.57. The minimum atomic E-state index is -0.483. The second kappa shape index (κ2) is 10.9. The predicted octanol–water partition coefficient (Wildman–Crippen LogP) is 5.14. The Balaban J connectivity index is 1.40. The number of carbonyl (C=O) groups is 1. The highest BCUT2D eigenvalue weighted by Crippen LogP contribution is 2.46. The second-order valence-electron chi connectivity index (χ2n) is 10.2. The minimum Gasteiger partial charge on any atom is -0.353 e. The lowest BCUT2D eigenvalue weighted by molar-refractivity contribution is -0.145. The van der Waals surface area contributed by atoms with Crippen molar-refractivity contribution < 1.29 is 9.18 Å². The number of rotatable bonds is 8. The molecular weight excluding hydrogens is 427 g/mol. The third kappa shape index (κ3) is 5.12. The Bertz CT molecular complexity index is 944. The van der Waals surface area contributed by atoms with Gasteiger partial charge in [-0.1, -0.05) is 51.1 Å². The summed E-state index contributed by atoms with van der Waals surface area (Å²) in [6.45, 7) is 8.99. The number of pyridine rings is 1. The van der Waals surface area contributed by atoms with Crippen LogP contribution in [0.4, 0.5) is 10.2 Å². The van der Waals surface area contributed by atoms with Crippen LogP contribution in [0.1, 0.15) is 63.6 Å². The molecule has 2 fully saturated rings. The van der Waals surface area contributed by atoms with Crippen molar-refractivity contribution in [2.75, 3.05) is 31.1 Å². The standard InChI is InChI=1S/C28H39FN4O/c1-4-25(23-8-6-5-7-9-23)31-24-10-12-28(19-24,21(2)3)27(34)33-16-14-32(15-17-33)26-18-22(20-29)11-13-30-26/h5-9,11,13,18,21,24-25,31H,4,10,12,14-17,19-20H2,1-3H3/t24-,25?,28+/m1/s1. The number of benzene rings is 1. The van der Waals surface area contributed by atoms with E-state index in [-0.39, 0.29) is 5.41 Å². The highest BCUT2D eigenvalue weighted by Gasteiger charge is 2.49. The fourth-order valence-corrected chi connectivity index (χ4v) is 5.77. The molecule has 2 heterocycles. The first-order valence-corrected chi connectivity index (χ1v) is 12.8. The first kappa shape index (κ1) is 24.6. The van der Waals surface area contributed by atoms with E-state index < -0.39 is 6.67 Å². The molecule has 184 valence electrons. The quantitative estimate of drug-likeness (QED) is 0.586. The number of piperazine rings is 1. The van der Waals surface area contributed by atoms with Crippen molar-refractivity contribution in [2.24, 2.45) is 11.3 Å². The van der Waals surface area contributed by atoms with Crippen molar-refractivity contribution in [2.45, 2.75) is 65.2 Å². The average Bonchev–Trinajstić information content (AvgIpc) is 3.33. The van der Waals surface area contributed by atoms with Gasteiger partial charge in [0, 0.05) is 44.5 Å². The van der Waals surface area contributed by atoms with E-state index in [1.807, 2.05) is 6.07 Å². The number of nitrogens with one attached hydrogen (secondary N) is 1. The monoisotopic (exact) mass is 466 g/mol. The molecular formula is C28H39FN4O. The molecule has 2 aliphatic rings. The molecule has 1 N–H and O–H groups in total. The normalized spacial score (nSPS) is 24.0. The molecule has 5 nitrogen and oxygen atoms in total. The molecule has 1 unspecified atom stereocenters. The molecule has 1 amide bonds. The summed E-state index contributed by atoms with van der Waals surface area (Å²) in [5, 5.41) is 3.87. The zero-order valence-corrected chi connectivity index (χ0v) is 20.8. The van der Waals surface area contributed by atoms with E-state index in [1.54, 1.807) is 12.3 Å². The molecule has 1 saturated heterocycles. The molecule has 4 rings (SSSR count). The Hall–Kier alpha value is -2.47. The van der Waals surface area contributed by atoms with Gasteiger partial charge in [0.2, 0.25) is 5.91 Å². The molecule has 1 aliphatic carbocycles. The SMILES string of the molecule is CCC(N[C@@H]1CC[C@@](C(=O)N2CCN(c3cc(CF)ccn3)CC2)(C(C)C)C1)c1ccccc1. The summed E-state index contributed by atoms with van der Waals surface area (Å²) in [4.78, 5) is 22.5. The Morgan fingerprint density at radius 3 is 2.56 bits per heavy atom. The van der Waals surface area contributed by atoms with Crippen molar-refractivity contribution in [3.63, 3.8) is 0 Å². The smallest absolute Gasteiger partial charge is 0.229 e. The van der Waals surface area contributed by atoms with Gasteiger partial charge in [-0.2, -0.15) is 0 Å². The van der Waals surface area contributed by atoms with Crippen LogP contribution in [0.15, 0.2) is 48.7 Å². The molecule has 1 saturated carbocycles. The number of carbonyl (C=O) groups excluding carboxylic acids is 1. The van der Waals surface area contributed by atoms with Gasteiger partial charge in [0.15, 0.2) is 0 Å². The fourth-order valence-electron chi connectivity index (χ4n) is 5.77. The molecule has 34 heavy (non-hydrogen) atoms. The van der Waals surface area contributed by atoms with E-state index in [0.29, 0.717) is 42.6 Å². The number of halogens is 1. The maximum absolute atomic E-state index is 13.9. The summed E-state index contributed by atoms with van der Waals surface area (Å²) >= 11 is 0. The van der Waals surface area contributed by atoms with Gasteiger partial charge in [-0.3, -0.25) is 4.79 Å². The van der Waals surface area contributed by atoms with Crippen LogP contribution in [-0.2, 0) is 11.5 Å². The lowest BCUT2D eigenvalue weighted by Crippen LogP contribution is -2.54. The van der Waals surface area contributed by atoms with E-state index in [2.05, 4.69) is 71.2 Å². The van der Waals surface area contributed by atoms with E-state index in [0.717, 1.165) is 44.6 Å². The van der Waals surface area contributed by atoms with Gasteiger partial charge in [-0.05, 0) is 54.9 Å². The molecule has 2 aromatic rings. The molecule has 1 aliphatic heterocycles. The number of amides is 1. The number of hydrogen-bond donors (Lipinski definition) is 1. The average molecular weight is 467 g/mol. The van der Waals surface area contributed by atoms with Crippen LogP contribution in [-0.4, -0.2) is 48.0 Å². The van der Waals surface area contributed by atoms with Gasteiger partial charge < -0.3 is 15.1 Å². The molecule has 0 radical (unpaired) electrons. The molecule has 6 heteroatoms. The summed E-state index contributed by atoms with van der Waals surface area (Å²) in [5.74, 6) is 1.41. The van der Waals surface area contributed by atoms with Crippen molar-refractivity contribution in [1.82, 2.24) is 15.2 Å². The summed E-state index contributed by atoms with van der Waals surface area (Å²) in [6, 6.07) is 14.8. The van der Waals surface area contributed by atoms with Crippen LogP contribution in [0.5, 0.6) is 0 Å². The maximum Gasteiger partial charge on any atom is 0.229 e. The summed E-state index contributed by atoms with van der Waals surface area (Å²) in [5.41, 5.74) is 1.66.